The van der Waals surface area contributed by atoms with E-state index in [9.17, 15) is 0 Å². The molecule has 0 radical (unpaired) electrons. The van der Waals surface area contributed by atoms with Gasteiger partial charge in [0.05, 0.1) is 11.0 Å². The molecule has 1 aliphatic rings. The SMILES string of the molecule is O=P1(c2ccccc2)c2ccccc2-c2ccc3c(c21)c1ccccc1n3-c1ccc(-c2ccc(N(c3ccc4ccccc4c3)c3ccc4ccccc4c3)cc2)cc1. The molecular weight excluding hydrogens is 748 g/mol. The quantitative estimate of drug-likeness (QED) is 0.157. The lowest BCUT2D eigenvalue weighted by molar-refractivity contribution is 0.593. The number of fused-ring (bicyclic) bond motifs is 9. The summed E-state index contributed by atoms with van der Waals surface area (Å²) < 4.78 is 18.1. The molecule has 282 valence electrons. The zero-order valence-corrected chi connectivity index (χ0v) is 33.5. The first-order chi connectivity index (χ1) is 29.6. The second-order valence-electron chi connectivity index (χ2n) is 15.7. The van der Waals surface area contributed by atoms with Gasteiger partial charge in [-0.2, -0.15) is 0 Å². The van der Waals surface area contributed by atoms with Crippen LogP contribution in [0.1, 0.15) is 0 Å². The molecular formula is C56H37N2OP. The van der Waals surface area contributed by atoms with Crippen LogP contribution in [0.2, 0.25) is 0 Å². The first-order valence-corrected chi connectivity index (χ1v) is 22.2. The van der Waals surface area contributed by atoms with Gasteiger partial charge in [-0.3, -0.25) is 0 Å². The average molecular weight is 785 g/mol. The van der Waals surface area contributed by atoms with Crippen molar-refractivity contribution in [3.63, 3.8) is 0 Å². The molecule has 0 bridgehead atoms. The number of nitrogens with zero attached hydrogens (tertiary/aromatic N) is 2. The smallest absolute Gasteiger partial charge is 0.172 e. The highest BCUT2D eigenvalue weighted by Crippen LogP contribution is 2.55. The van der Waals surface area contributed by atoms with Gasteiger partial charge in [0.25, 0.3) is 0 Å². The Labute approximate surface area is 348 Å². The van der Waals surface area contributed by atoms with E-state index in [1.807, 2.05) is 36.4 Å². The summed E-state index contributed by atoms with van der Waals surface area (Å²) in [6.07, 6.45) is 0. The summed E-state index contributed by atoms with van der Waals surface area (Å²) in [5.74, 6) is 0. The fourth-order valence-corrected chi connectivity index (χ4v) is 12.8. The first kappa shape index (κ1) is 34.6. The van der Waals surface area contributed by atoms with Crippen molar-refractivity contribution >= 4 is 83.5 Å². The Morgan fingerprint density at radius 3 is 1.63 bits per heavy atom. The third kappa shape index (κ3) is 5.26. The maximum absolute atomic E-state index is 15.8. The molecule has 0 fully saturated rings. The van der Waals surface area contributed by atoms with Crippen LogP contribution in [-0.2, 0) is 4.57 Å². The number of anilines is 3. The van der Waals surface area contributed by atoms with Gasteiger partial charge in [0, 0.05) is 49.4 Å². The standard InChI is InChI=1S/C56H37N2OP/c59-60(48-16-2-1-3-17-48)54-21-11-9-18-49(54)50-34-35-53-55(56(50)60)51-19-8-10-20-52(51)58(53)45-30-24-41(25-31-45)40-22-28-44(29-23-40)57(46-32-26-38-12-4-6-14-42(38)36-46)47-33-27-39-13-5-7-15-43(39)37-47/h1-37H. The second kappa shape index (κ2) is 13.6. The monoisotopic (exact) mass is 784 g/mol. The van der Waals surface area contributed by atoms with E-state index in [1.54, 1.807) is 0 Å². The van der Waals surface area contributed by atoms with Crippen LogP contribution >= 0.6 is 7.14 Å². The minimum absolute atomic E-state index is 0.869. The molecule has 0 amide bonds. The normalized spacial score (nSPS) is 14.5. The van der Waals surface area contributed by atoms with Crippen LogP contribution in [0.25, 0.3) is 71.3 Å². The van der Waals surface area contributed by atoms with Gasteiger partial charge in [-0.25, -0.2) is 0 Å². The summed E-state index contributed by atoms with van der Waals surface area (Å²) in [6, 6.07) is 79.5. The summed E-state index contributed by atoms with van der Waals surface area (Å²) in [5, 5.41) is 9.77. The maximum Gasteiger partial charge on any atom is 0.172 e. The maximum atomic E-state index is 15.8. The molecule has 1 atom stereocenters. The van der Waals surface area contributed by atoms with Crippen molar-refractivity contribution in [2.45, 2.75) is 0 Å². The molecule has 60 heavy (non-hydrogen) atoms. The highest BCUT2D eigenvalue weighted by atomic mass is 31.2. The minimum atomic E-state index is -3.17. The zero-order valence-electron chi connectivity index (χ0n) is 32.6. The van der Waals surface area contributed by atoms with Gasteiger partial charge < -0.3 is 14.0 Å². The molecule has 0 aliphatic carbocycles. The molecule has 10 aromatic carbocycles. The summed E-state index contributed by atoms with van der Waals surface area (Å²) in [7, 11) is -3.17. The molecule has 11 aromatic rings. The minimum Gasteiger partial charge on any atom is -0.310 e. The number of aromatic nitrogens is 1. The van der Waals surface area contributed by atoms with Crippen molar-refractivity contribution in [3.05, 3.63) is 224 Å². The van der Waals surface area contributed by atoms with Crippen molar-refractivity contribution in [2.75, 3.05) is 4.90 Å². The summed E-state index contributed by atoms with van der Waals surface area (Å²) >= 11 is 0. The zero-order chi connectivity index (χ0) is 39.8. The molecule has 12 rings (SSSR count). The van der Waals surface area contributed by atoms with Crippen LogP contribution in [0.4, 0.5) is 17.1 Å². The van der Waals surface area contributed by atoms with Crippen LogP contribution in [0.5, 0.6) is 0 Å². The third-order valence-corrected chi connectivity index (χ3v) is 15.5. The lowest BCUT2D eigenvalue weighted by Gasteiger charge is -2.26. The first-order valence-electron chi connectivity index (χ1n) is 20.4. The lowest BCUT2D eigenvalue weighted by atomic mass is 10.0. The number of rotatable bonds is 6. The Hall–Kier alpha value is -7.45. The summed E-state index contributed by atoms with van der Waals surface area (Å²) in [4.78, 5) is 2.35. The van der Waals surface area contributed by atoms with E-state index < -0.39 is 7.14 Å². The molecule has 0 saturated carbocycles. The van der Waals surface area contributed by atoms with Gasteiger partial charge in [0.15, 0.2) is 7.14 Å². The van der Waals surface area contributed by atoms with Gasteiger partial charge in [-0.1, -0.05) is 164 Å². The lowest BCUT2D eigenvalue weighted by Crippen LogP contribution is -2.21. The number of hydrogen-bond donors (Lipinski definition) is 0. The predicted molar refractivity (Wildman–Crippen MR) is 254 cm³/mol. The molecule has 2 heterocycles. The average Bonchev–Trinajstić information content (AvgIpc) is 3.79. The van der Waals surface area contributed by atoms with E-state index in [0.29, 0.717) is 0 Å². The van der Waals surface area contributed by atoms with E-state index in [1.165, 1.54) is 21.5 Å². The Balaban J connectivity index is 0.949. The Kier molecular flexibility index (Phi) is 7.82. The van der Waals surface area contributed by atoms with Crippen molar-refractivity contribution in [2.24, 2.45) is 0 Å². The van der Waals surface area contributed by atoms with Gasteiger partial charge >= 0.3 is 0 Å². The molecule has 0 N–H and O–H groups in total. The summed E-state index contributed by atoms with van der Waals surface area (Å²) in [6.45, 7) is 0. The van der Waals surface area contributed by atoms with E-state index in [-0.39, 0.29) is 0 Å². The molecule has 4 heteroatoms. The molecule has 1 aliphatic heterocycles. The van der Waals surface area contributed by atoms with Gasteiger partial charge in [-0.05, 0) is 104 Å². The third-order valence-electron chi connectivity index (χ3n) is 12.3. The van der Waals surface area contributed by atoms with Crippen LogP contribution < -0.4 is 20.8 Å². The molecule has 1 unspecified atom stereocenters. The largest absolute Gasteiger partial charge is 0.310 e. The molecule has 0 saturated heterocycles. The van der Waals surface area contributed by atoms with Gasteiger partial charge in [0.1, 0.15) is 0 Å². The van der Waals surface area contributed by atoms with Gasteiger partial charge in [0.2, 0.25) is 0 Å². The highest BCUT2D eigenvalue weighted by Gasteiger charge is 2.42. The van der Waals surface area contributed by atoms with E-state index in [4.69, 9.17) is 0 Å². The highest BCUT2D eigenvalue weighted by molar-refractivity contribution is 7.86. The van der Waals surface area contributed by atoms with Crippen LogP contribution in [0.3, 0.4) is 0 Å². The molecule has 3 nitrogen and oxygen atoms in total. The van der Waals surface area contributed by atoms with Crippen molar-refractivity contribution in [3.8, 4) is 27.9 Å². The van der Waals surface area contributed by atoms with E-state index >= 15 is 4.57 Å². The Bertz CT molecular complexity index is 3440. The number of para-hydroxylation sites is 1. The number of benzene rings is 10. The Morgan fingerprint density at radius 1 is 0.400 bits per heavy atom. The Morgan fingerprint density at radius 2 is 0.950 bits per heavy atom. The van der Waals surface area contributed by atoms with Crippen molar-refractivity contribution in [1.29, 1.82) is 0 Å². The molecule has 0 spiro atoms. The van der Waals surface area contributed by atoms with Crippen LogP contribution in [0, 0.1) is 0 Å². The summed E-state index contributed by atoms with van der Waals surface area (Å²) in [5.41, 5.74) is 10.9. The molecule has 1 aromatic heterocycles. The van der Waals surface area contributed by atoms with Crippen LogP contribution in [0.15, 0.2) is 224 Å². The predicted octanol–water partition coefficient (Wildman–Crippen LogP) is 13.8. The fraction of sp³-hybridized carbons (Fsp3) is 0. The van der Waals surface area contributed by atoms with Gasteiger partial charge in [-0.15, -0.1) is 0 Å². The number of hydrogen-bond acceptors (Lipinski definition) is 2. The van der Waals surface area contributed by atoms with Crippen LogP contribution in [-0.4, -0.2) is 4.57 Å². The van der Waals surface area contributed by atoms with E-state index in [2.05, 4.69) is 198 Å². The van der Waals surface area contributed by atoms with E-state index in [0.717, 1.165) is 82.7 Å². The topological polar surface area (TPSA) is 25.2 Å². The second-order valence-corrected chi connectivity index (χ2v) is 18.3. The van der Waals surface area contributed by atoms with Crippen molar-refractivity contribution in [1.82, 2.24) is 4.57 Å². The van der Waals surface area contributed by atoms with Crippen molar-refractivity contribution < 1.29 is 4.57 Å². The fourth-order valence-electron chi connectivity index (χ4n) is 9.55.